The maximum absolute atomic E-state index is 12.6. The summed E-state index contributed by atoms with van der Waals surface area (Å²) in [6.07, 6.45) is 2.62. The molecule has 132 valence electrons. The summed E-state index contributed by atoms with van der Waals surface area (Å²) < 4.78 is 5.88. The Labute approximate surface area is 154 Å². The van der Waals surface area contributed by atoms with Gasteiger partial charge in [-0.3, -0.25) is 4.79 Å². The normalized spacial score (nSPS) is 16.1. The number of nitrogens with one attached hydrogen (secondary N) is 1. The number of rotatable bonds is 7. The highest BCUT2D eigenvalue weighted by Gasteiger charge is 2.50. The molecular weight excluding hydrogens is 334 g/mol. The standard InChI is InChI=1S/C21H24ClNO2/c1-15-3-9-19(10-4-15)25-16(2)11-14-23-20(24)21(12-13-21)17-5-7-18(22)8-6-17/h3-10,16H,11-14H2,1-2H3,(H,23,24). The first-order valence-corrected chi connectivity index (χ1v) is 9.15. The third-order valence-corrected chi connectivity index (χ3v) is 5.03. The third kappa shape index (κ3) is 4.35. The topological polar surface area (TPSA) is 38.3 Å². The second-order valence-electron chi connectivity index (χ2n) is 6.88. The molecule has 1 atom stereocenters. The Kier molecular flexibility index (Phi) is 5.33. The van der Waals surface area contributed by atoms with E-state index in [9.17, 15) is 4.79 Å². The van der Waals surface area contributed by atoms with E-state index in [4.69, 9.17) is 16.3 Å². The number of carbonyl (C=O) groups excluding carboxylic acids is 1. The summed E-state index contributed by atoms with van der Waals surface area (Å²) >= 11 is 5.94. The van der Waals surface area contributed by atoms with Gasteiger partial charge in [-0.1, -0.05) is 41.4 Å². The van der Waals surface area contributed by atoms with Gasteiger partial charge in [-0.2, -0.15) is 0 Å². The summed E-state index contributed by atoms with van der Waals surface area (Å²) in [5.41, 5.74) is 1.91. The number of carbonyl (C=O) groups is 1. The molecule has 4 heteroatoms. The minimum Gasteiger partial charge on any atom is -0.491 e. The van der Waals surface area contributed by atoms with E-state index in [-0.39, 0.29) is 17.4 Å². The van der Waals surface area contributed by atoms with E-state index in [1.54, 1.807) is 0 Å². The number of hydrogen-bond donors (Lipinski definition) is 1. The first-order chi connectivity index (χ1) is 12.0. The molecule has 3 nitrogen and oxygen atoms in total. The monoisotopic (exact) mass is 357 g/mol. The predicted octanol–water partition coefficient (Wildman–Crippen LogP) is 4.65. The lowest BCUT2D eigenvalue weighted by atomic mass is 9.95. The molecule has 2 aromatic rings. The van der Waals surface area contributed by atoms with E-state index in [1.807, 2.05) is 55.5 Å². The maximum Gasteiger partial charge on any atom is 0.230 e. The second-order valence-corrected chi connectivity index (χ2v) is 7.31. The van der Waals surface area contributed by atoms with E-state index >= 15 is 0 Å². The van der Waals surface area contributed by atoms with E-state index in [0.29, 0.717) is 11.6 Å². The molecule has 1 amide bonds. The Hall–Kier alpha value is -2.00. The Balaban J connectivity index is 1.47. The highest BCUT2D eigenvalue weighted by atomic mass is 35.5. The Bertz CT molecular complexity index is 721. The molecule has 2 aromatic carbocycles. The third-order valence-electron chi connectivity index (χ3n) is 4.78. The highest BCUT2D eigenvalue weighted by Crippen LogP contribution is 2.48. The number of aryl methyl sites for hydroxylation is 1. The number of ether oxygens (including phenoxy) is 1. The first kappa shape index (κ1) is 17.8. The van der Waals surface area contributed by atoms with Crippen LogP contribution in [0.25, 0.3) is 0 Å². The number of amides is 1. The van der Waals surface area contributed by atoms with Gasteiger partial charge in [0.25, 0.3) is 0 Å². The van der Waals surface area contributed by atoms with Gasteiger partial charge < -0.3 is 10.1 Å². The van der Waals surface area contributed by atoms with E-state index in [0.717, 1.165) is 30.6 Å². The van der Waals surface area contributed by atoms with Crippen molar-refractivity contribution in [1.82, 2.24) is 5.32 Å². The molecule has 0 saturated heterocycles. The Morgan fingerprint density at radius 1 is 1.16 bits per heavy atom. The van der Waals surface area contributed by atoms with Gasteiger partial charge in [-0.15, -0.1) is 0 Å². The molecule has 0 aromatic heterocycles. The van der Waals surface area contributed by atoms with E-state index in [1.165, 1.54) is 5.56 Å². The lowest BCUT2D eigenvalue weighted by Gasteiger charge is -2.18. The van der Waals surface area contributed by atoms with Gasteiger partial charge in [0.2, 0.25) is 5.91 Å². The van der Waals surface area contributed by atoms with Gasteiger partial charge in [0.15, 0.2) is 0 Å². The van der Waals surface area contributed by atoms with Crippen LogP contribution in [-0.2, 0) is 10.2 Å². The summed E-state index contributed by atoms with van der Waals surface area (Å²) in [6.45, 7) is 4.69. The zero-order valence-corrected chi connectivity index (χ0v) is 15.5. The van der Waals surface area contributed by atoms with Crippen LogP contribution in [0.1, 0.15) is 37.3 Å². The Morgan fingerprint density at radius 3 is 2.40 bits per heavy atom. The van der Waals surface area contributed by atoms with Gasteiger partial charge in [0.1, 0.15) is 5.75 Å². The summed E-state index contributed by atoms with van der Waals surface area (Å²) in [4.78, 5) is 12.6. The van der Waals surface area contributed by atoms with Crippen LogP contribution < -0.4 is 10.1 Å². The van der Waals surface area contributed by atoms with Gasteiger partial charge in [0, 0.05) is 18.0 Å². The minimum atomic E-state index is -0.356. The molecule has 0 spiro atoms. The van der Waals surface area contributed by atoms with Gasteiger partial charge in [0.05, 0.1) is 11.5 Å². The predicted molar refractivity (Wildman–Crippen MR) is 101 cm³/mol. The van der Waals surface area contributed by atoms with Gasteiger partial charge in [-0.25, -0.2) is 0 Å². The lowest BCUT2D eigenvalue weighted by molar-refractivity contribution is -0.123. The highest BCUT2D eigenvalue weighted by molar-refractivity contribution is 6.30. The van der Waals surface area contributed by atoms with Gasteiger partial charge >= 0.3 is 0 Å². The zero-order chi connectivity index (χ0) is 17.9. The fraction of sp³-hybridized carbons (Fsp3) is 0.381. The molecule has 1 aliphatic rings. The van der Waals surface area contributed by atoms with Crippen molar-refractivity contribution in [2.24, 2.45) is 0 Å². The molecule has 0 bridgehead atoms. The summed E-state index contributed by atoms with van der Waals surface area (Å²) in [7, 11) is 0. The van der Waals surface area contributed by atoms with Crippen molar-refractivity contribution in [2.75, 3.05) is 6.54 Å². The molecule has 0 radical (unpaired) electrons. The molecule has 1 unspecified atom stereocenters. The van der Waals surface area contributed by atoms with Crippen molar-refractivity contribution in [1.29, 1.82) is 0 Å². The molecule has 1 saturated carbocycles. The van der Waals surface area contributed by atoms with Crippen LogP contribution in [0.4, 0.5) is 0 Å². The van der Waals surface area contributed by atoms with Crippen molar-refractivity contribution in [2.45, 2.75) is 44.6 Å². The van der Waals surface area contributed by atoms with E-state index in [2.05, 4.69) is 12.2 Å². The van der Waals surface area contributed by atoms with Crippen molar-refractivity contribution in [3.63, 3.8) is 0 Å². The van der Waals surface area contributed by atoms with E-state index < -0.39 is 0 Å². The average Bonchev–Trinajstić information content (AvgIpc) is 3.39. The average molecular weight is 358 g/mol. The number of hydrogen-bond acceptors (Lipinski definition) is 2. The van der Waals surface area contributed by atoms with Crippen molar-refractivity contribution in [3.8, 4) is 5.75 Å². The van der Waals surface area contributed by atoms with Crippen LogP contribution in [0.5, 0.6) is 5.75 Å². The molecule has 1 fully saturated rings. The van der Waals surface area contributed by atoms with Crippen molar-refractivity contribution >= 4 is 17.5 Å². The van der Waals surface area contributed by atoms with Crippen LogP contribution >= 0.6 is 11.6 Å². The van der Waals surface area contributed by atoms with Crippen molar-refractivity contribution < 1.29 is 9.53 Å². The Morgan fingerprint density at radius 2 is 1.80 bits per heavy atom. The van der Waals surface area contributed by atoms with Crippen LogP contribution in [-0.4, -0.2) is 18.6 Å². The largest absolute Gasteiger partial charge is 0.491 e. The molecule has 1 N–H and O–H groups in total. The molecule has 1 aliphatic carbocycles. The quantitative estimate of drug-likeness (QED) is 0.783. The van der Waals surface area contributed by atoms with Crippen LogP contribution in [0.3, 0.4) is 0 Å². The maximum atomic E-state index is 12.6. The smallest absolute Gasteiger partial charge is 0.230 e. The molecule has 0 aliphatic heterocycles. The summed E-state index contributed by atoms with van der Waals surface area (Å²) in [5, 5.41) is 3.77. The fourth-order valence-corrected chi connectivity index (χ4v) is 3.13. The molecule has 25 heavy (non-hydrogen) atoms. The molecular formula is C21H24ClNO2. The van der Waals surface area contributed by atoms with Crippen LogP contribution in [0.15, 0.2) is 48.5 Å². The van der Waals surface area contributed by atoms with Gasteiger partial charge in [-0.05, 0) is 56.5 Å². The number of halogens is 1. The minimum absolute atomic E-state index is 0.0497. The molecule has 0 heterocycles. The van der Waals surface area contributed by atoms with Crippen molar-refractivity contribution in [3.05, 3.63) is 64.7 Å². The lowest BCUT2D eigenvalue weighted by Crippen LogP contribution is -2.36. The molecule has 3 rings (SSSR count). The fourth-order valence-electron chi connectivity index (χ4n) is 3.01. The zero-order valence-electron chi connectivity index (χ0n) is 14.7. The summed E-state index contributed by atoms with van der Waals surface area (Å²) in [6, 6.07) is 15.6. The summed E-state index contributed by atoms with van der Waals surface area (Å²) in [5.74, 6) is 0.974. The van der Waals surface area contributed by atoms with Crippen LogP contribution in [0, 0.1) is 6.92 Å². The number of benzene rings is 2. The second kappa shape index (κ2) is 7.49. The van der Waals surface area contributed by atoms with Crippen LogP contribution in [0.2, 0.25) is 5.02 Å². The SMILES string of the molecule is Cc1ccc(OC(C)CCNC(=O)C2(c3ccc(Cl)cc3)CC2)cc1. The first-order valence-electron chi connectivity index (χ1n) is 8.77.